The Bertz CT molecular complexity index is 4240. The molecule has 0 spiro atoms. The van der Waals surface area contributed by atoms with Gasteiger partial charge in [0.1, 0.15) is 6.07 Å². The lowest BCUT2D eigenvalue weighted by Gasteiger charge is -2.26. The van der Waals surface area contributed by atoms with Crippen LogP contribution in [0.4, 0.5) is 5.69 Å². The van der Waals surface area contributed by atoms with Gasteiger partial charge in [-0.25, -0.2) is 4.85 Å². The van der Waals surface area contributed by atoms with Crippen LogP contribution in [0.3, 0.4) is 0 Å². The van der Waals surface area contributed by atoms with Crippen molar-refractivity contribution in [2.45, 2.75) is 52.4 Å². The predicted octanol–water partition coefficient (Wildman–Crippen LogP) is 19.0. The van der Waals surface area contributed by atoms with Crippen LogP contribution in [0.2, 0.25) is 0 Å². The van der Waals surface area contributed by atoms with Crippen LogP contribution in [0.5, 0.6) is 0 Å². The number of nitrogens with zero attached hydrogens (tertiary/aromatic N) is 4. The fourth-order valence-corrected chi connectivity index (χ4v) is 13.6. The van der Waals surface area contributed by atoms with Gasteiger partial charge < -0.3 is 9.13 Å². The third kappa shape index (κ3) is 6.04. The molecule has 0 aliphatic rings. The SMILES string of the molecule is [C-]#[N+]c1c(-c2ccccc2)c(C#N)c(-n2c3cc(C(C)(C)C)ccc3c3ccc(C(C)(C)C)cc32)c(-c2ccccc2)c1-n1c2c(ccc3c4ccccc4sc32)c2ccc3c4ccccc4sc3c21. The highest BCUT2D eigenvalue weighted by Gasteiger charge is 2.33. The fraction of sp³-hybridized carbons (Fsp3) is 0.125. The second-order valence-corrected chi connectivity index (χ2v) is 22.7. The standard InChI is InChI=1S/C64H46N4S2/c1-63(2,3)39-26-28-41-42-29-27-40(64(4,5)6)35-51(42)67(50(41)34-39)57-49(36-65)54(37-18-10-8-11-19-37)56(66-7)60(55(57)38-20-12-9-13-21-38)68-58-45(30-32-47-43-22-14-16-24-52(43)69-61(47)58)46-31-33-48-44-23-15-17-25-53(44)70-62(48)59(46)68/h8-35H,1-6H3. The van der Waals surface area contributed by atoms with Crippen molar-refractivity contribution in [2.24, 2.45) is 0 Å². The number of rotatable bonds is 4. The first-order valence-corrected chi connectivity index (χ1v) is 25.5. The first-order valence-electron chi connectivity index (χ1n) is 23.9. The highest BCUT2D eigenvalue weighted by Crippen LogP contribution is 2.55. The predicted molar refractivity (Wildman–Crippen MR) is 300 cm³/mol. The van der Waals surface area contributed by atoms with Crippen molar-refractivity contribution in [1.29, 1.82) is 5.26 Å². The minimum absolute atomic E-state index is 0.158. The van der Waals surface area contributed by atoms with E-state index in [2.05, 4.69) is 213 Å². The maximum atomic E-state index is 12.1. The summed E-state index contributed by atoms with van der Waals surface area (Å²) in [6.07, 6.45) is 0. The molecule has 70 heavy (non-hydrogen) atoms. The van der Waals surface area contributed by atoms with Gasteiger partial charge in [-0.3, -0.25) is 0 Å². The minimum Gasteiger partial charge on any atom is -0.316 e. The Morgan fingerprint density at radius 3 is 1.34 bits per heavy atom. The molecule has 13 rings (SSSR count). The summed E-state index contributed by atoms with van der Waals surface area (Å²) >= 11 is 3.62. The summed E-state index contributed by atoms with van der Waals surface area (Å²) in [6.45, 7) is 23.1. The number of thiophene rings is 2. The Hall–Kier alpha value is -8.00. The number of fused-ring (bicyclic) bond motifs is 14. The lowest BCUT2D eigenvalue weighted by Crippen LogP contribution is -2.12. The van der Waals surface area contributed by atoms with Crippen LogP contribution in [0.15, 0.2) is 170 Å². The molecule has 13 aromatic rings. The van der Waals surface area contributed by atoms with Crippen molar-refractivity contribution in [3.63, 3.8) is 0 Å². The van der Waals surface area contributed by atoms with Crippen molar-refractivity contribution in [1.82, 2.24) is 9.13 Å². The third-order valence-corrected chi connectivity index (χ3v) is 16.9. The molecule has 0 bridgehead atoms. The van der Waals surface area contributed by atoms with E-state index in [9.17, 15) is 11.8 Å². The molecule has 334 valence electrons. The molecule has 0 radical (unpaired) electrons. The van der Waals surface area contributed by atoms with Crippen LogP contribution in [0, 0.1) is 17.9 Å². The van der Waals surface area contributed by atoms with Crippen LogP contribution >= 0.6 is 22.7 Å². The van der Waals surface area contributed by atoms with Gasteiger partial charge in [-0.2, -0.15) is 5.26 Å². The van der Waals surface area contributed by atoms with E-state index in [0.717, 1.165) is 81.1 Å². The summed E-state index contributed by atoms with van der Waals surface area (Å²) < 4.78 is 9.59. The van der Waals surface area contributed by atoms with Gasteiger partial charge in [0.2, 0.25) is 5.69 Å². The number of aromatic nitrogens is 2. The Morgan fingerprint density at radius 1 is 0.457 bits per heavy atom. The van der Waals surface area contributed by atoms with E-state index in [1.165, 1.54) is 42.1 Å². The zero-order valence-electron chi connectivity index (χ0n) is 39.8. The van der Waals surface area contributed by atoms with Crippen molar-refractivity contribution < 1.29 is 0 Å². The second kappa shape index (κ2) is 15.3. The van der Waals surface area contributed by atoms with E-state index in [1.54, 1.807) is 0 Å². The summed E-state index contributed by atoms with van der Waals surface area (Å²) in [5, 5.41) is 21.3. The molecule has 0 N–H and O–H groups in total. The van der Waals surface area contributed by atoms with E-state index in [1.807, 2.05) is 40.9 Å². The summed E-state index contributed by atoms with van der Waals surface area (Å²) in [5.41, 5.74) is 11.8. The molecule has 0 aliphatic carbocycles. The van der Waals surface area contributed by atoms with Crippen LogP contribution in [-0.4, -0.2) is 9.13 Å². The number of hydrogen-bond acceptors (Lipinski definition) is 3. The highest BCUT2D eigenvalue weighted by atomic mass is 32.1. The monoisotopic (exact) mass is 934 g/mol. The molecule has 0 saturated heterocycles. The molecule has 9 aromatic carbocycles. The molecule has 0 aliphatic heterocycles. The number of nitriles is 1. The fourth-order valence-electron chi connectivity index (χ4n) is 11.1. The third-order valence-electron chi connectivity index (χ3n) is 14.5. The van der Waals surface area contributed by atoms with Gasteiger partial charge in [-0.1, -0.05) is 187 Å². The van der Waals surface area contributed by atoms with Gasteiger partial charge in [0, 0.05) is 63.6 Å². The topological polar surface area (TPSA) is 38.0 Å². The first-order chi connectivity index (χ1) is 33.9. The Labute approximate surface area is 414 Å². The van der Waals surface area contributed by atoms with Crippen molar-refractivity contribution in [2.75, 3.05) is 0 Å². The molecule has 0 saturated carbocycles. The average Bonchev–Trinajstić information content (AvgIpc) is 4.13. The maximum absolute atomic E-state index is 12.1. The first kappa shape index (κ1) is 42.1. The molecular weight excluding hydrogens is 889 g/mol. The minimum atomic E-state index is -0.158. The Kier molecular flexibility index (Phi) is 9.18. The largest absolute Gasteiger partial charge is 0.316 e. The van der Waals surface area contributed by atoms with Crippen LogP contribution in [-0.2, 0) is 10.8 Å². The highest BCUT2D eigenvalue weighted by molar-refractivity contribution is 7.27. The second-order valence-electron chi connectivity index (χ2n) is 20.6. The van der Waals surface area contributed by atoms with Crippen molar-refractivity contribution >= 4 is 112 Å². The van der Waals surface area contributed by atoms with Gasteiger partial charge in [0.05, 0.1) is 55.0 Å². The Morgan fingerprint density at radius 2 is 0.886 bits per heavy atom. The summed E-state index contributed by atoms with van der Waals surface area (Å²) in [7, 11) is 0. The van der Waals surface area contributed by atoms with Gasteiger partial charge in [0.15, 0.2) is 0 Å². The van der Waals surface area contributed by atoms with Crippen LogP contribution in [0.1, 0.15) is 58.2 Å². The van der Waals surface area contributed by atoms with Crippen molar-refractivity contribution in [3.8, 4) is 39.7 Å². The maximum Gasteiger partial charge on any atom is 0.220 e. The molecule has 0 amide bonds. The lowest BCUT2D eigenvalue weighted by atomic mass is 9.86. The molecule has 6 heteroatoms. The van der Waals surface area contributed by atoms with Crippen LogP contribution in [0.25, 0.3) is 122 Å². The quantitative estimate of drug-likeness (QED) is 0.162. The van der Waals surface area contributed by atoms with Gasteiger partial charge in [-0.05, 0) is 57.3 Å². The molecular formula is C64H46N4S2. The molecule has 0 fully saturated rings. The number of benzene rings is 9. The number of hydrogen-bond donors (Lipinski definition) is 0. The smallest absolute Gasteiger partial charge is 0.220 e. The van der Waals surface area contributed by atoms with E-state index < -0.39 is 0 Å². The zero-order valence-corrected chi connectivity index (χ0v) is 41.4. The summed E-state index contributed by atoms with van der Waals surface area (Å²) in [4.78, 5) is 4.67. The Balaban J connectivity index is 1.36. The van der Waals surface area contributed by atoms with E-state index in [0.29, 0.717) is 16.8 Å². The molecule has 0 atom stereocenters. The lowest BCUT2D eigenvalue weighted by molar-refractivity contribution is 0.591. The molecule has 4 aromatic heterocycles. The van der Waals surface area contributed by atoms with E-state index in [-0.39, 0.29) is 10.8 Å². The molecule has 0 unspecified atom stereocenters. The van der Waals surface area contributed by atoms with Gasteiger partial charge in [-0.15, -0.1) is 22.7 Å². The van der Waals surface area contributed by atoms with Gasteiger partial charge in [0.25, 0.3) is 0 Å². The normalized spacial score (nSPS) is 12.4. The molecule has 4 nitrogen and oxygen atoms in total. The average molecular weight is 935 g/mol. The van der Waals surface area contributed by atoms with Crippen molar-refractivity contribution in [3.05, 3.63) is 198 Å². The van der Waals surface area contributed by atoms with Crippen LogP contribution < -0.4 is 0 Å². The van der Waals surface area contributed by atoms with E-state index >= 15 is 0 Å². The van der Waals surface area contributed by atoms with E-state index in [4.69, 9.17) is 0 Å². The van der Waals surface area contributed by atoms with Gasteiger partial charge >= 0.3 is 0 Å². The zero-order chi connectivity index (χ0) is 47.8. The summed E-state index contributed by atoms with van der Waals surface area (Å²) in [5.74, 6) is 0. The summed E-state index contributed by atoms with van der Waals surface area (Å²) in [6, 6.07) is 63.8. The molecule has 4 heterocycles.